The zero-order valence-corrected chi connectivity index (χ0v) is 13.1. The molecule has 0 saturated carbocycles. The Morgan fingerprint density at radius 1 is 1.14 bits per heavy atom. The van der Waals surface area contributed by atoms with Gasteiger partial charge in [0.2, 0.25) is 0 Å². The summed E-state index contributed by atoms with van der Waals surface area (Å²) in [5, 5.41) is 10.6. The standard InChI is InChI=1S/C15H16N2O4S/c1-3-12-6-4-5-11(2)15(12)16-22(20,21)14-9-7-13(8-10-14)17(18)19/h4-10,16H,3H2,1-2H3. The van der Waals surface area contributed by atoms with E-state index in [9.17, 15) is 18.5 Å². The summed E-state index contributed by atoms with van der Waals surface area (Å²) in [6, 6.07) is 10.4. The van der Waals surface area contributed by atoms with Crippen LogP contribution in [0.5, 0.6) is 0 Å². The Bertz CT molecular complexity index is 799. The molecule has 0 spiro atoms. The fourth-order valence-electron chi connectivity index (χ4n) is 2.11. The number of rotatable bonds is 5. The zero-order chi connectivity index (χ0) is 16.3. The molecular formula is C15H16N2O4S. The van der Waals surface area contributed by atoms with E-state index in [-0.39, 0.29) is 10.6 Å². The van der Waals surface area contributed by atoms with Crippen LogP contribution < -0.4 is 4.72 Å². The lowest BCUT2D eigenvalue weighted by Crippen LogP contribution is -2.15. The van der Waals surface area contributed by atoms with E-state index < -0.39 is 14.9 Å². The van der Waals surface area contributed by atoms with E-state index in [1.54, 1.807) is 0 Å². The van der Waals surface area contributed by atoms with Gasteiger partial charge in [-0.15, -0.1) is 0 Å². The number of anilines is 1. The van der Waals surface area contributed by atoms with Crippen LogP contribution in [0.25, 0.3) is 0 Å². The number of hydrogen-bond acceptors (Lipinski definition) is 4. The van der Waals surface area contributed by atoms with Crippen molar-refractivity contribution < 1.29 is 13.3 Å². The van der Waals surface area contributed by atoms with Crippen LogP contribution in [0.4, 0.5) is 11.4 Å². The van der Waals surface area contributed by atoms with Crippen LogP contribution in [-0.2, 0) is 16.4 Å². The van der Waals surface area contributed by atoms with Crippen molar-refractivity contribution in [3.63, 3.8) is 0 Å². The van der Waals surface area contributed by atoms with Gasteiger partial charge in [0.25, 0.3) is 15.7 Å². The number of nitro groups is 1. The van der Waals surface area contributed by atoms with Crippen LogP contribution in [0.2, 0.25) is 0 Å². The highest BCUT2D eigenvalue weighted by molar-refractivity contribution is 7.92. The lowest BCUT2D eigenvalue weighted by atomic mass is 10.1. The fourth-order valence-corrected chi connectivity index (χ4v) is 3.28. The average molecular weight is 320 g/mol. The van der Waals surface area contributed by atoms with Crippen molar-refractivity contribution >= 4 is 21.4 Å². The fraction of sp³-hybridized carbons (Fsp3) is 0.200. The number of sulfonamides is 1. The van der Waals surface area contributed by atoms with Gasteiger partial charge in [0.1, 0.15) is 0 Å². The third-order valence-electron chi connectivity index (χ3n) is 3.33. The smallest absolute Gasteiger partial charge is 0.269 e. The molecule has 0 saturated heterocycles. The molecule has 116 valence electrons. The van der Waals surface area contributed by atoms with Gasteiger partial charge in [0, 0.05) is 12.1 Å². The summed E-state index contributed by atoms with van der Waals surface area (Å²) in [6.45, 7) is 3.77. The Labute approximate surface area is 129 Å². The number of nitrogens with zero attached hydrogens (tertiary/aromatic N) is 1. The molecule has 22 heavy (non-hydrogen) atoms. The van der Waals surface area contributed by atoms with Gasteiger partial charge in [0.15, 0.2) is 0 Å². The molecule has 0 heterocycles. The van der Waals surface area contributed by atoms with Gasteiger partial charge in [-0.25, -0.2) is 8.42 Å². The molecule has 6 nitrogen and oxygen atoms in total. The summed E-state index contributed by atoms with van der Waals surface area (Å²) in [5.41, 5.74) is 2.13. The summed E-state index contributed by atoms with van der Waals surface area (Å²) >= 11 is 0. The molecule has 0 aliphatic heterocycles. The van der Waals surface area contributed by atoms with Crippen molar-refractivity contribution in [3.05, 3.63) is 63.7 Å². The van der Waals surface area contributed by atoms with Gasteiger partial charge in [-0.05, 0) is 36.6 Å². The van der Waals surface area contributed by atoms with Gasteiger partial charge >= 0.3 is 0 Å². The number of benzene rings is 2. The summed E-state index contributed by atoms with van der Waals surface area (Å²) in [7, 11) is -3.78. The van der Waals surface area contributed by atoms with E-state index in [1.807, 2.05) is 32.0 Å². The van der Waals surface area contributed by atoms with Crippen molar-refractivity contribution in [2.24, 2.45) is 0 Å². The van der Waals surface area contributed by atoms with E-state index in [2.05, 4.69) is 4.72 Å². The van der Waals surface area contributed by atoms with Crippen LogP contribution in [0.3, 0.4) is 0 Å². The van der Waals surface area contributed by atoms with Gasteiger partial charge in [-0.3, -0.25) is 14.8 Å². The Morgan fingerprint density at radius 2 is 1.77 bits per heavy atom. The predicted molar refractivity (Wildman–Crippen MR) is 84.5 cm³/mol. The van der Waals surface area contributed by atoms with Gasteiger partial charge in [-0.1, -0.05) is 25.1 Å². The van der Waals surface area contributed by atoms with E-state index in [4.69, 9.17) is 0 Å². The first-order valence-corrected chi connectivity index (χ1v) is 8.19. The number of hydrogen-bond donors (Lipinski definition) is 1. The Morgan fingerprint density at radius 3 is 2.32 bits per heavy atom. The third kappa shape index (κ3) is 3.25. The molecule has 0 unspecified atom stereocenters. The zero-order valence-electron chi connectivity index (χ0n) is 12.2. The molecule has 2 rings (SSSR count). The SMILES string of the molecule is CCc1cccc(C)c1NS(=O)(=O)c1ccc([N+](=O)[O-])cc1. The van der Waals surface area contributed by atoms with Crippen LogP contribution in [0.1, 0.15) is 18.1 Å². The van der Waals surface area contributed by atoms with Crippen molar-refractivity contribution in [2.75, 3.05) is 4.72 Å². The lowest BCUT2D eigenvalue weighted by Gasteiger charge is -2.14. The van der Waals surface area contributed by atoms with Crippen LogP contribution in [0, 0.1) is 17.0 Å². The molecule has 0 aliphatic rings. The van der Waals surface area contributed by atoms with Crippen molar-refractivity contribution in [1.82, 2.24) is 0 Å². The van der Waals surface area contributed by atoms with Crippen LogP contribution in [-0.4, -0.2) is 13.3 Å². The summed E-state index contributed by atoms with van der Waals surface area (Å²) in [6.07, 6.45) is 0.694. The average Bonchev–Trinajstić information content (AvgIpc) is 2.49. The molecule has 0 fully saturated rings. The molecule has 2 aromatic carbocycles. The molecular weight excluding hydrogens is 304 g/mol. The second-order valence-corrected chi connectivity index (χ2v) is 6.50. The first-order chi connectivity index (χ1) is 10.3. The van der Waals surface area contributed by atoms with Crippen LogP contribution in [0.15, 0.2) is 47.4 Å². The molecule has 0 atom stereocenters. The first-order valence-electron chi connectivity index (χ1n) is 6.71. The van der Waals surface area contributed by atoms with E-state index >= 15 is 0 Å². The van der Waals surface area contributed by atoms with Crippen molar-refractivity contribution in [1.29, 1.82) is 0 Å². The molecule has 0 aliphatic carbocycles. The molecule has 2 aromatic rings. The maximum atomic E-state index is 12.4. The van der Waals surface area contributed by atoms with Crippen molar-refractivity contribution in [3.8, 4) is 0 Å². The highest BCUT2D eigenvalue weighted by Gasteiger charge is 2.18. The predicted octanol–water partition coefficient (Wildman–Crippen LogP) is 3.27. The molecule has 0 radical (unpaired) electrons. The van der Waals surface area contributed by atoms with E-state index in [1.165, 1.54) is 24.3 Å². The number of nitro benzene ring substituents is 1. The topological polar surface area (TPSA) is 89.3 Å². The second-order valence-electron chi connectivity index (χ2n) is 4.82. The lowest BCUT2D eigenvalue weighted by molar-refractivity contribution is -0.384. The third-order valence-corrected chi connectivity index (χ3v) is 4.70. The maximum Gasteiger partial charge on any atom is 0.269 e. The Hall–Kier alpha value is -2.41. The Kier molecular flexibility index (Phi) is 4.46. The van der Waals surface area contributed by atoms with Crippen molar-refractivity contribution in [2.45, 2.75) is 25.2 Å². The minimum atomic E-state index is -3.78. The molecule has 0 amide bonds. The molecule has 0 bridgehead atoms. The second kappa shape index (κ2) is 6.15. The Balaban J connectivity index is 2.38. The number of non-ortho nitro benzene ring substituents is 1. The molecule has 7 heteroatoms. The molecule has 0 aromatic heterocycles. The first kappa shape index (κ1) is 16.0. The van der Waals surface area contributed by atoms with Gasteiger partial charge in [0.05, 0.1) is 15.5 Å². The summed E-state index contributed by atoms with van der Waals surface area (Å²) < 4.78 is 27.4. The molecule has 1 N–H and O–H groups in total. The normalized spacial score (nSPS) is 11.2. The number of aryl methyl sites for hydroxylation is 2. The van der Waals surface area contributed by atoms with Crippen LogP contribution >= 0.6 is 0 Å². The van der Waals surface area contributed by atoms with Gasteiger partial charge in [-0.2, -0.15) is 0 Å². The minimum Gasteiger partial charge on any atom is -0.279 e. The quantitative estimate of drug-likeness (QED) is 0.676. The summed E-state index contributed by atoms with van der Waals surface area (Å²) in [5.74, 6) is 0. The van der Waals surface area contributed by atoms with E-state index in [0.29, 0.717) is 12.1 Å². The number of nitrogens with one attached hydrogen (secondary N) is 1. The summed E-state index contributed by atoms with van der Waals surface area (Å²) in [4.78, 5) is 10.0. The minimum absolute atomic E-state index is 0.0107. The number of para-hydroxylation sites is 1. The van der Waals surface area contributed by atoms with Gasteiger partial charge < -0.3 is 0 Å². The maximum absolute atomic E-state index is 12.4. The highest BCUT2D eigenvalue weighted by Crippen LogP contribution is 2.25. The highest BCUT2D eigenvalue weighted by atomic mass is 32.2. The van der Waals surface area contributed by atoms with E-state index in [0.717, 1.165) is 11.1 Å². The largest absolute Gasteiger partial charge is 0.279 e. The monoisotopic (exact) mass is 320 g/mol.